The monoisotopic (exact) mass is 255 g/mol. The zero-order valence-electron chi connectivity index (χ0n) is 10.9. The second-order valence-corrected chi connectivity index (χ2v) is 4.78. The Balaban J connectivity index is 2.38. The van der Waals surface area contributed by atoms with Gasteiger partial charge in [-0.25, -0.2) is 0 Å². The number of benzene rings is 1. The smallest absolute Gasteiger partial charge is 0.122 e. The highest BCUT2D eigenvalue weighted by atomic mass is 35.5. The van der Waals surface area contributed by atoms with E-state index in [1.165, 1.54) is 0 Å². The van der Waals surface area contributed by atoms with Crippen LogP contribution < -0.4 is 4.74 Å². The van der Waals surface area contributed by atoms with Crippen molar-refractivity contribution in [3.05, 3.63) is 29.8 Å². The van der Waals surface area contributed by atoms with E-state index >= 15 is 0 Å². The molecule has 3 heteroatoms. The van der Waals surface area contributed by atoms with Crippen LogP contribution in [0.4, 0.5) is 0 Å². The second-order valence-electron chi connectivity index (χ2n) is 4.16. The molecule has 0 aliphatic carbocycles. The fraction of sp³-hybridized carbons (Fsp3) is 0.571. The molecule has 0 aliphatic rings. The van der Waals surface area contributed by atoms with Crippen molar-refractivity contribution < 1.29 is 4.74 Å². The van der Waals surface area contributed by atoms with Gasteiger partial charge in [-0.05, 0) is 31.6 Å². The van der Waals surface area contributed by atoms with Gasteiger partial charge in [0.2, 0.25) is 0 Å². The summed E-state index contributed by atoms with van der Waals surface area (Å²) in [6, 6.07) is 8.02. The highest BCUT2D eigenvalue weighted by Gasteiger charge is 2.10. The number of ether oxygens (including phenoxy) is 1. The Morgan fingerprint density at radius 1 is 1.24 bits per heavy atom. The molecule has 1 aromatic rings. The Morgan fingerprint density at radius 2 is 1.88 bits per heavy atom. The predicted octanol–water partition coefficient (Wildman–Crippen LogP) is 3.32. The van der Waals surface area contributed by atoms with Gasteiger partial charge in [-0.2, -0.15) is 0 Å². The molecule has 0 heterocycles. The summed E-state index contributed by atoms with van der Waals surface area (Å²) in [6.07, 6.45) is 0. The van der Waals surface area contributed by atoms with Gasteiger partial charge in [0.1, 0.15) is 12.4 Å². The molecule has 0 spiro atoms. The lowest BCUT2D eigenvalue weighted by molar-refractivity contribution is 0.252. The minimum absolute atomic E-state index is 0.0366. The summed E-state index contributed by atoms with van der Waals surface area (Å²) in [6.45, 7) is 9.84. The third kappa shape index (κ3) is 4.97. The van der Waals surface area contributed by atoms with E-state index in [4.69, 9.17) is 16.3 Å². The minimum Gasteiger partial charge on any atom is -0.492 e. The van der Waals surface area contributed by atoms with Crippen LogP contribution in [0.1, 0.15) is 19.4 Å². The standard InChI is InChI=1S/C14H22ClNO/c1-4-16(5-2)10-13(15)11-17-14-9-7-6-8-12(14)3/h6-9,13H,4-5,10-11H2,1-3H3/t13-/m0/s1. The Bertz CT molecular complexity index is 326. The highest BCUT2D eigenvalue weighted by molar-refractivity contribution is 6.20. The molecule has 0 bridgehead atoms. The molecule has 0 saturated heterocycles. The molecule has 96 valence electrons. The Kier molecular flexibility index (Phi) is 6.38. The van der Waals surface area contributed by atoms with Gasteiger partial charge in [0.15, 0.2) is 0 Å². The maximum atomic E-state index is 6.27. The largest absolute Gasteiger partial charge is 0.492 e. The van der Waals surface area contributed by atoms with E-state index in [9.17, 15) is 0 Å². The Labute approximate surface area is 110 Å². The molecule has 0 amide bonds. The number of hydrogen-bond donors (Lipinski definition) is 0. The number of nitrogens with zero attached hydrogens (tertiary/aromatic N) is 1. The zero-order valence-corrected chi connectivity index (χ0v) is 11.7. The first kappa shape index (κ1) is 14.3. The molecule has 1 rings (SSSR count). The summed E-state index contributed by atoms with van der Waals surface area (Å²) in [5, 5.41) is 0.0366. The van der Waals surface area contributed by atoms with Crippen LogP contribution in [0.25, 0.3) is 0 Å². The molecule has 0 saturated carbocycles. The van der Waals surface area contributed by atoms with Crippen LogP contribution in [0.15, 0.2) is 24.3 Å². The predicted molar refractivity (Wildman–Crippen MR) is 74.1 cm³/mol. The minimum atomic E-state index is 0.0366. The van der Waals surface area contributed by atoms with E-state index in [-0.39, 0.29) is 5.38 Å². The lowest BCUT2D eigenvalue weighted by atomic mass is 10.2. The maximum Gasteiger partial charge on any atom is 0.122 e. The normalized spacial score (nSPS) is 12.8. The topological polar surface area (TPSA) is 12.5 Å². The first-order valence-corrected chi connectivity index (χ1v) is 6.65. The van der Waals surface area contributed by atoms with Gasteiger partial charge in [0, 0.05) is 6.54 Å². The molecule has 17 heavy (non-hydrogen) atoms. The molecule has 1 atom stereocenters. The molecule has 1 aromatic carbocycles. The van der Waals surface area contributed by atoms with Crippen LogP contribution >= 0.6 is 11.6 Å². The van der Waals surface area contributed by atoms with Gasteiger partial charge in [-0.15, -0.1) is 11.6 Å². The SMILES string of the molecule is CCN(CC)C[C@H](Cl)COc1ccccc1C. The number of para-hydroxylation sites is 1. The first-order valence-electron chi connectivity index (χ1n) is 6.22. The van der Waals surface area contributed by atoms with Gasteiger partial charge >= 0.3 is 0 Å². The molecule has 0 radical (unpaired) electrons. The summed E-state index contributed by atoms with van der Waals surface area (Å²) in [4.78, 5) is 2.30. The van der Waals surface area contributed by atoms with Crippen molar-refractivity contribution in [1.82, 2.24) is 4.90 Å². The molecular formula is C14H22ClNO. The van der Waals surface area contributed by atoms with E-state index in [1.54, 1.807) is 0 Å². The van der Waals surface area contributed by atoms with Crippen molar-refractivity contribution >= 4 is 11.6 Å². The van der Waals surface area contributed by atoms with Crippen molar-refractivity contribution in [3.63, 3.8) is 0 Å². The lowest BCUT2D eigenvalue weighted by Crippen LogP contribution is -2.32. The molecule has 0 N–H and O–H groups in total. The van der Waals surface area contributed by atoms with Gasteiger partial charge in [-0.3, -0.25) is 0 Å². The summed E-state index contributed by atoms with van der Waals surface area (Å²) in [5.74, 6) is 0.928. The summed E-state index contributed by atoms with van der Waals surface area (Å²) < 4.78 is 5.73. The quantitative estimate of drug-likeness (QED) is 0.693. The average Bonchev–Trinajstić information content (AvgIpc) is 2.35. The Morgan fingerprint density at radius 3 is 2.47 bits per heavy atom. The lowest BCUT2D eigenvalue weighted by Gasteiger charge is -2.21. The fourth-order valence-electron chi connectivity index (χ4n) is 1.71. The van der Waals surface area contributed by atoms with Crippen LogP contribution in [0, 0.1) is 6.92 Å². The van der Waals surface area contributed by atoms with Crippen LogP contribution in [0.5, 0.6) is 5.75 Å². The van der Waals surface area contributed by atoms with Crippen molar-refractivity contribution in [2.24, 2.45) is 0 Å². The fourth-order valence-corrected chi connectivity index (χ4v) is 1.97. The van der Waals surface area contributed by atoms with Crippen molar-refractivity contribution in [2.45, 2.75) is 26.1 Å². The number of halogens is 1. The third-order valence-electron chi connectivity index (χ3n) is 2.86. The van der Waals surface area contributed by atoms with E-state index in [1.807, 2.05) is 31.2 Å². The van der Waals surface area contributed by atoms with Crippen molar-refractivity contribution in [1.29, 1.82) is 0 Å². The number of aryl methyl sites for hydroxylation is 1. The van der Waals surface area contributed by atoms with E-state index in [2.05, 4.69) is 18.7 Å². The van der Waals surface area contributed by atoms with Crippen molar-refractivity contribution in [2.75, 3.05) is 26.2 Å². The van der Waals surface area contributed by atoms with Crippen LogP contribution in [0.3, 0.4) is 0 Å². The summed E-state index contributed by atoms with van der Waals surface area (Å²) >= 11 is 6.27. The maximum absolute atomic E-state index is 6.27. The van der Waals surface area contributed by atoms with Gasteiger partial charge in [0.25, 0.3) is 0 Å². The number of hydrogen-bond acceptors (Lipinski definition) is 2. The van der Waals surface area contributed by atoms with Gasteiger partial charge in [-0.1, -0.05) is 32.0 Å². The second kappa shape index (κ2) is 7.57. The average molecular weight is 256 g/mol. The first-order chi connectivity index (χ1) is 8.17. The highest BCUT2D eigenvalue weighted by Crippen LogP contribution is 2.17. The molecule has 2 nitrogen and oxygen atoms in total. The van der Waals surface area contributed by atoms with E-state index in [0.717, 1.165) is 30.9 Å². The van der Waals surface area contributed by atoms with Crippen LogP contribution in [0.2, 0.25) is 0 Å². The summed E-state index contributed by atoms with van der Waals surface area (Å²) in [5.41, 5.74) is 1.15. The molecule has 0 aliphatic heterocycles. The van der Waals surface area contributed by atoms with Gasteiger partial charge in [0.05, 0.1) is 5.38 Å². The molecule has 0 unspecified atom stereocenters. The number of alkyl halides is 1. The number of rotatable bonds is 7. The Hall–Kier alpha value is -0.730. The van der Waals surface area contributed by atoms with Crippen LogP contribution in [-0.4, -0.2) is 36.5 Å². The third-order valence-corrected chi connectivity index (χ3v) is 3.13. The molecule has 0 aromatic heterocycles. The van der Waals surface area contributed by atoms with E-state index < -0.39 is 0 Å². The van der Waals surface area contributed by atoms with Gasteiger partial charge < -0.3 is 9.64 Å². The van der Waals surface area contributed by atoms with Crippen molar-refractivity contribution in [3.8, 4) is 5.75 Å². The van der Waals surface area contributed by atoms with E-state index in [0.29, 0.717) is 6.61 Å². The molecular weight excluding hydrogens is 234 g/mol. The zero-order chi connectivity index (χ0) is 12.7. The molecule has 0 fully saturated rings. The summed E-state index contributed by atoms with van der Waals surface area (Å²) in [7, 11) is 0. The van der Waals surface area contributed by atoms with Crippen LogP contribution in [-0.2, 0) is 0 Å².